The van der Waals surface area contributed by atoms with Crippen molar-refractivity contribution in [3.63, 3.8) is 0 Å². The zero-order chi connectivity index (χ0) is 22.1. The van der Waals surface area contributed by atoms with Crippen molar-refractivity contribution < 1.29 is 19.0 Å². The highest BCUT2D eigenvalue weighted by atomic mass is 19.1. The predicted molar refractivity (Wildman–Crippen MR) is 119 cm³/mol. The lowest BCUT2D eigenvalue weighted by molar-refractivity contribution is -0.139. The smallest absolute Gasteiger partial charge is 0.230 e. The maximum Gasteiger partial charge on any atom is 0.230 e. The summed E-state index contributed by atoms with van der Waals surface area (Å²) in [6.07, 6.45) is 7.36. The second kappa shape index (κ2) is 8.70. The Bertz CT molecular complexity index is 964. The minimum atomic E-state index is -0.437. The third-order valence-corrected chi connectivity index (χ3v) is 7.36. The molecule has 3 fully saturated rings. The number of aromatic nitrogens is 1. The first-order chi connectivity index (χ1) is 15.5. The number of benzene rings is 1. The van der Waals surface area contributed by atoms with Crippen molar-refractivity contribution >= 4 is 11.6 Å². The lowest BCUT2D eigenvalue weighted by atomic mass is 9.78. The molecule has 1 aromatic carbocycles. The first-order valence-corrected chi connectivity index (χ1v) is 11.7. The standard InChI is InChI=1S/C25H30FN3O3/c26-21-16-19(7-10-22(21)32-23-4-1-2-13-27-23)28-14-3-11-25(17-28)12-15-29(24(25)31)18-5-8-20(30)9-6-18/h1-2,4,7,10,13,16,18,20,30H,3,5-6,8-9,11-12,14-15,17H2/t18-,20+,25-/m0/s1. The Morgan fingerprint density at radius 2 is 1.94 bits per heavy atom. The van der Waals surface area contributed by atoms with Crippen LogP contribution >= 0.6 is 0 Å². The third kappa shape index (κ3) is 4.06. The molecule has 6 nitrogen and oxygen atoms in total. The molecule has 3 heterocycles. The van der Waals surface area contributed by atoms with Crippen LogP contribution < -0.4 is 9.64 Å². The van der Waals surface area contributed by atoms with E-state index in [1.165, 1.54) is 6.07 Å². The summed E-state index contributed by atoms with van der Waals surface area (Å²) in [5.74, 6) is 0.303. The van der Waals surface area contributed by atoms with Crippen LogP contribution in [0.3, 0.4) is 0 Å². The molecule has 2 aliphatic heterocycles. The van der Waals surface area contributed by atoms with Crippen molar-refractivity contribution in [2.24, 2.45) is 5.41 Å². The van der Waals surface area contributed by atoms with Crippen LogP contribution in [-0.2, 0) is 4.79 Å². The van der Waals surface area contributed by atoms with E-state index in [0.29, 0.717) is 12.4 Å². The molecule has 32 heavy (non-hydrogen) atoms. The van der Waals surface area contributed by atoms with E-state index in [4.69, 9.17) is 4.74 Å². The molecule has 0 radical (unpaired) electrons. The largest absolute Gasteiger partial charge is 0.436 e. The molecule has 0 bridgehead atoms. The van der Waals surface area contributed by atoms with Gasteiger partial charge in [-0.2, -0.15) is 0 Å². The number of amides is 1. The van der Waals surface area contributed by atoms with Crippen molar-refractivity contribution in [2.75, 3.05) is 24.5 Å². The number of hydrogen-bond donors (Lipinski definition) is 1. The molecule has 1 spiro atoms. The number of carbonyl (C=O) groups is 1. The van der Waals surface area contributed by atoms with Gasteiger partial charge in [0.05, 0.1) is 11.5 Å². The zero-order valence-electron chi connectivity index (χ0n) is 18.3. The fourth-order valence-corrected chi connectivity index (χ4v) is 5.59. The molecular formula is C25H30FN3O3. The Morgan fingerprint density at radius 1 is 1.09 bits per heavy atom. The van der Waals surface area contributed by atoms with Crippen LogP contribution in [0.4, 0.5) is 10.1 Å². The lowest BCUT2D eigenvalue weighted by Crippen LogP contribution is -2.50. The molecule has 7 heteroatoms. The van der Waals surface area contributed by atoms with Crippen LogP contribution in [0, 0.1) is 11.2 Å². The highest BCUT2D eigenvalue weighted by molar-refractivity contribution is 5.86. The fourth-order valence-electron chi connectivity index (χ4n) is 5.59. The number of carbonyl (C=O) groups excluding carboxylic acids is 1. The second-order valence-electron chi connectivity index (χ2n) is 9.40. The van der Waals surface area contributed by atoms with E-state index in [-0.39, 0.29) is 29.2 Å². The number of aliphatic hydroxyl groups excluding tert-OH is 1. The molecule has 1 amide bonds. The van der Waals surface area contributed by atoms with Crippen LogP contribution in [0.2, 0.25) is 0 Å². The molecule has 170 valence electrons. The summed E-state index contributed by atoms with van der Waals surface area (Å²) in [6, 6.07) is 10.5. The Kier molecular flexibility index (Phi) is 5.76. The molecule has 1 saturated carbocycles. The van der Waals surface area contributed by atoms with Gasteiger partial charge >= 0.3 is 0 Å². The van der Waals surface area contributed by atoms with Gasteiger partial charge in [-0.05, 0) is 63.1 Å². The fraction of sp³-hybridized carbons (Fsp3) is 0.520. The summed E-state index contributed by atoms with van der Waals surface area (Å²) in [5, 5.41) is 9.81. The van der Waals surface area contributed by atoms with E-state index < -0.39 is 5.82 Å². The van der Waals surface area contributed by atoms with Gasteiger partial charge in [0.15, 0.2) is 11.6 Å². The Labute approximate surface area is 188 Å². The summed E-state index contributed by atoms with van der Waals surface area (Å²) in [4.78, 5) is 21.8. The molecule has 2 saturated heterocycles. The number of piperidine rings is 1. The highest BCUT2D eigenvalue weighted by Gasteiger charge is 2.50. The number of rotatable bonds is 4. The topological polar surface area (TPSA) is 65.9 Å². The van der Waals surface area contributed by atoms with E-state index in [9.17, 15) is 14.3 Å². The van der Waals surface area contributed by atoms with Gasteiger partial charge in [-0.15, -0.1) is 0 Å². The van der Waals surface area contributed by atoms with Crippen molar-refractivity contribution in [3.8, 4) is 11.6 Å². The molecular weight excluding hydrogens is 409 g/mol. The number of halogens is 1. The van der Waals surface area contributed by atoms with Crippen LogP contribution in [0.15, 0.2) is 42.6 Å². The second-order valence-corrected chi connectivity index (χ2v) is 9.40. The van der Waals surface area contributed by atoms with E-state index in [0.717, 1.165) is 63.7 Å². The summed E-state index contributed by atoms with van der Waals surface area (Å²) in [7, 11) is 0. The van der Waals surface area contributed by atoms with Gasteiger partial charge in [0.25, 0.3) is 0 Å². The van der Waals surface area contributed by atoms with Crippen LogP contribution in [0.25, 0.3) is 0 Å². The van der Waals surface area contributed by atoms with Gasteiger partial charge in [-0.25, -0.2) is 9.37 Å². The van der Waals surface area contributed by atoms with Gasteiger partial charge in [-0.3, -0.25) is 4.79 Å². The van der Waals surface area contributed by atoms with E-state index in [1.54, 1.807) is 30.5 Å². The molecule has 1 N–H and O–H groups in total. The first kappa shape index (κ1) is 21.2. The third-order valence-electron chi connectivity index (χ3n) is 7.36. The predicted octanol–water partition coefficient (Wildman–Crippen LogP) is 4.14. The minimum absolute atomic E-state index is 0.141. The molecule has 5 rings (SSSR count). The summed E-state index contributed by atoms with van der Waals surface area (Å²) in [5.41, 5.74) is 0.399. The van der Waals surface area contributed by atoms with Crippen LogP contribution in [0.1, 0.15) is 44.9 Å². The average molecular weight is 440 g/mol. The van der Waals surface area contributed by atoms with Gasteiger partial charge in [0, 0.05) is 49.7 Å². The molecule has 1 aromatic heterocycles. The van der Waals surface area contributed by atoms with Crippen molar-refractivity contribution in [1.82, 2.24) is 9.88 Å². The van der Waals surface area contributed by atoms with Crippen molar-refractivity contribution in [2.45, 2.75) is 57.1 Å². The molecule has 2 aromatic rings. The van der Waals surface area contributed by atoms with E-state index in [1.807, 2.05) is 6.07 Å². The number of pyridine rings is 1. The Morgan fingerprint density at radius 3 is 2.69 bits per heavy atom. The monoisotopic (exact) mass is 439 g/mol. The molecule has 0 unspecified atom stereocenters. The molecule has 1 aliphatic carbocycles. The van der Waals surface area contributed by atoms with Gasteiger partial charge < -0.3 is 19.6 Å². The van der Waals surface area contributed by atoms with Gasteiger partial charge in [-0.1, -0.05) is 6.07 Å². The zero-order valence-corrected chi connectivity index (χ0v) is 18.3. The number of ether oxygens (including phenoxy) is 1. The summed E-state index contributed by atoms with van der Waals surface area (Å²) in [6.45, 7) is 2.22. The number of anilines is 1. The number of hydrogen-bond acceptors (Lipinski definition) is 5. The minimum Gasteiger partial charge on any atom is -0.436 e. The van der Waals surface area contributed by atoms with Gasteiger partial charge in [0.2, 0.25) is 11.8 Å². The highest BCUT2D eigenvalue weighted by Crippen LogP contribution is 2.43. The van der Waals surface area contributed by atoms with Crippen LogP contribution in [-0.4, -0.2) is 52.7 Å². The Hall–Kier alpha value is -2.67. The van der Waals surface area contributed by atoms with Crippen LogP contribution in [0.5, 0.6) is 11.6 Å². The van der Waals surface area contributed by atoms with Crippen molar-refractivity contribution in [1.29, 1.82) is 0 Å². The van der Waals surface area contributed by atoms with Crippen molar-refractivity contribution in [3.05, 3.63) is 48.4 Å². The summed E-state index contributed by atoms with van der Waals surface area (Å²) >= 11 is 0. The lowest BCUT2D eigenvalue weighted by Gasteiger charge is -2.41. The van der Waals surface area contributed by atoms with E-state index >= 15 is 0 Å². The maximum atomic E-state index is 14.8. The molecule has 3 aliphatic rings. The number of aliphatic hydroxyl groups is 1. The quantitative estimate of drug-likeness (QED) is 0.776. The Balaban J connectivity index is 1.29. The number of nitrogens with zero attached hydrogens (tertiary/aromatic N) is 3. The van der Waals surface area contributed by atoms with E-state index in [2.05, 4.69) is 14.8 Å². The maximum absolute atomic E-state index is 14.8. The molecule has 1 atom stereocenters. The average Bonchev–Trinajstić information content (AvgIpc) is 3.12. The summed E-state index contributed by atoms with van der Waals surface area (Å²) < 4.78 is 20.4. The SMILES string of the molecule is O=C1N([C@H]2CC[C@@H](O)CC2)CC[C@]12CCCN(c1ccc(Oc3ccccn3)c(F)c1)C2. The number of likely N-dealkylation sites (tertiary alicyclic amines) is 1. The first-order valence-electron chi connectivity index (χ1n) is 11.7. The van der Waals surface area contributed by atoms with Gasteiger partial charge in [0.1, 0.15) is 0 Å². The normalized spacial score (nSPS) is 28.4.